The summed E-state index contributed by atoms with van der Waals surface area (Å²) in [4.78, 5) is 13.7. The molecule has 3 N–H and O–H groups in total. The number of carbonyl (C=O) groups excluding carboxylic acids is 1. The summed E-state index contributed by atoms with van der Waals surface area (Å²) in [5.41, 5.74) is 0.244. The number of likely N-dealkylation sites (tertiary alicyclic amines) is 1. The van der Waals surface area contributed by atoms with E-state index in [-0.39, 0.29) is 21.6 Å². The molecule has 1 heterocycles. The van der Waals surface area contributed by atoms with Crippen LogP contribution in [0.25, 0.3) is 0 Å². The molecule has 1 fully saturated rings. The maximum atomic E-state index is 12.1. The van der Waals surface area contributed by atoms with Gasteiger partial charge < -0.3 is 10.2 Å². The fraction of sp³-hybridized carbons (Fsp3) is 0.417. The van der Waals surface area contributed by atoms with Crippen LogP contribution in [0.5, 0.6) is 0 Å². The van der Waals surface area contributed by atoms with Gasteiger partial charge in [0.2, 0.25) is 10.0 Å². The fourth-order valence-corrected chi connectivity index (χ4v) is 2.77. The summed E-state index contributed by atoms with van der Waals surface area (Å²) < 4.78 is 22.6. The number of benzene rings is 1. The van der Waals surface area contributed by atoms with Crippen LogP contribution in [-0.2, 0) is 10.0 Å². The summed E-state index contributed by atoms with van der Waals surface area (Å²) in [5.74, 6) is 0. The number of urea groups is 1. The van der Waals surface area contributed by atoms with Gasteiger partial charge in [-0.15, -0.1) is 0 Å². The molecule has 6 nitrogen and oxygen atoms in total. The summed E-state index contributed by atoms with van der Waals surface area (Å²) >= 11 is 5.96. The minimum Gasteiger partial charge on any atom is -0.325 e. The second-order valence-corrected chi connectivity index (χ2v) is 6.63. The SMILES string of the molecule is NS(=O)(=O)c1ccc(Cl)c(NC(=O)N2CCCCC2)c1. The van der Waals surface area contributed by atoms with Crippen LogP contribution in [0, 0.1) is 0 Å². The first-order valence-electron chi connectivity index (χ1n) is 6.26. The van der Waals surface area contributed by atoms with E-state index in [2.05, 4.69) is 5.32 Å². The lowest BCUT2D eigenvalue weighted by Gasteiger charge is -2.27. The number of halogens is 1. The lowest BCUT2D eigenvalue weighted by atomic mass is 10.1. The lowest BCUT2D eigenvalue weighted by molar-refractivity contribution is 0.200. The molecule has 1 aromatic carbocycles. The number of nitrogens with one attached hydrogen (secondary N) is 1. The highest BCUT2D eigenvalue weighted by molar-refractivity contribution is 7.89. The second-order valence-electron chi connectivity index (χ2n) is 4.66. The van der Waals surface area contributed by atoms with Crippen molar-refractivity contribution in [1.82, 2.24) is 4.90 Å². The first-order chi connectivity index (χ1) is 9.38. The zero-order valence-electron chi connectivity index (χ0n) is 10.8. The molecule has 0 bridgehead atoms. The summed E-state index contributed by atoms with van der Waals surface area (Å²) in [5, 5.41) is 7.95. The number of hydrogen-bond acceptors (Lipinski definition) is 3. The van der Waals surface area contributed by atoms with Crippen molar-refractivity contribution in [2.45, 2.75) is 24.2 Å². The van der Waals surface area contributed by atoms with Crippen LogP contribution in [0.3, 0.4) is 0 Å². The molecule has 0 spiro atoms. The van der Waals surface area contributed by atoms with E-state index >= 15 is 0 Å². The van der Waals surface area contributed by atoms with Crippen molar-refractivity contribution in [2.24, 2.45) is 5.14 Å². The quantitative estimate of drug-likeness (QED) is 0.873. The summed E-state index contributed by atoms with van der Waals surface area (Å²) in [6, 6.07) is 3.68. The largest absolute Gasteiger partial charge is 0.325 e. The van der Waals surface area contributed by atoms with E-state index in [4.69, 9.17) is 16.7 Å². The molecule has 0 aromatic heterocycles. The van der Waals surface area contributed by atoms with Gasteiger partial charge >= 0.3 is 6.03 Å². The fourth-order valence-electron chi connectivity index (χ4n) is 2.07. The van der Waals surface area contributed by atoms with Gasteiger partial charge in [-0.1, -0.05) is 11.6 Å². The average Bonchev–Trinajstić information content (AvgIpc) is 2.41. The Hall–Kier alpha value is -1.31. The van der Waals surface area contributed by atoms with Crippen LogP contribution < -0.4 is 10.5 Å². The van der Waals surface area contributed by atoms with Gasteiger partial charge in [-0.3, -0.25) is 0 Å². The van der Waals surface area contributed by atoms with Crippen LogP contribution in [0.4, 0.5) is 10.5 Å². The Morgan fingerprint density at radius 1 is 1.25 bits per heavy atom. The number of nitrogens with zero attached hydrogens (tertiary/aromatic N) is 1. The lowest BCUT2D eigenvalue weighted by Crippen LogP contribution is -2.38. The Bertz CT molecular complexity index is 612. The topological polar surface area (TPSA) is 92.5 Å². The molecule has 0 unspecified atom stereocenters. The molecule has 0 saturated carbocycles. The Kier molecular flexibility index (Phi) is 4.52. The number of sulfonamides is 1. The van der Waals surface area contributed by atoms with Gasteiger partial charge in [0.1, 0.15) is 0 Å². The number of primary sulfonamides is 1. The van der Waals surface area contributed by atoms with Crippen LogP contribution in [0.15, 0.2) is 23.1 Å². The molecule has 1 aromatic rings. The van der Waals surface area contributed by atoms with Crippen LogP contribution in [-0.4, -0.2) is 32.4 Å². The number of piperidine rings is 1. The van der Waals surface area contributed by atoms with E-state index in [1.165, 1.54) is 18.2 Å². The van der Waals surface area contributed by atoms with Crippen molar-refractivity contribution in [3.8, 4) is 0 Å². The third kappa shape index (κ3) is 3.62. The van der Waals surface area contributed by atoms with Crippen molar-refractivity contribution in [1.29, 1.82) is 0 Å². The van der Waals surface area contributed by atoms with Gasteiger partial charge in [-0.25, -0.2) is 18.4 Å². The molecule has 2 rings (SSSR count). The zero-order valence-corrected chi connectivity index (χ0v) is 12.4. The van der Waals surface area contributed by atoms with Gasteiger partial charge in [-0.2, -0.15) is 0 Å². The highest BCUT2D eigenvalue weighted by atomic mass is 35.5. The second kappa shape index (κ2) is 5.99. The molecule has 1 aliphatic rings. The Morgan fingerprint density at radius 2 is 1.90 bits per heavy atom. The van der Waals surface area contributed by atoms with Gasteiger partial charge in [0.15, 0.2) is 0 Å². The van der Waals surface area contributed by atoms with E-state index in [1.807, 2.05) is 0 Å². The molecule has 0 radical (unpaired) electrons. The first kappa shape index (κ1) is 15.1. The molecular weight excluding hydrogens is 302 g/mol. The number of hydrogen-bond donors (Lipinski definition) is 2. The van der Waals surface area contributed by atoms with E-state index < -0.39 is 10.0 Å². The zero-order chi connectivity index (χ0) is 14.8. The average molecular weight is 318 g/mol. The van der Waals surface area contributed by atoms with E-state index in [0.717, 1.165) is 19.3 Å². The number of anilines is 1. The van der Waals surface area contributed by atoms with Crippen molar-refractivity contribution < 1.29 is 13.2 Å². The number of amides is 2. The van der Waals surface area contributed by atoms with Crippen LogP contribution in [0.2, 0.25) is 5.02 Å². The highest BCUT2D eigenvalue weighted by Crippen LogP contribution is 2.25. The molecule has 0 aliphatic carbocycles. The van der Waals surface area contributed by atoms with E-state index in [0.29, 0.717) is 13.1 Å². The van der Waals surface area contributed by atoms with Crippen LogP contribution in [0.1, 0.15) is 19.3 Å². The number of rotatable bonds is 2. The minimum absolute atomic E-state index is 0.0872. The monoisotopic (exact) mass is 317 g/mol. The Labute approximate surface area is 122 Å². The molecule has 2 amide bonds. The maximum absolute atomic E-state index is 12.1. The van der Waals surface area contributed by atoms with Crippen molar-refractivity contribution in [3.05, 3.63) is 23.2 Å². The molecule has 1 saturated heterocycles. The Morgan fingerprint density at radius 3 is 2.50 bits per heavy atom. The molecule has 1 aliphatic heterocycles. The number of nitrogens with two attached hydrogens (primary N) is 1. The van der Waals surface area contributed by atoms with Gasteiger partial charge in [0.25, 0.3) is 0 Å². The third-order valence-corrected chi connectivity index (χ3v) is 4.39. The molecule has 20 heavy (non-hydrogen) atoms. The van der Waals surface area contributed by atoms with E-state index in [1.54, 1.807) is 4.90 Å². The predicted molar refractivity (Wildman–Crippen MR) is 77.3 cm³/mol. The van der Waals surface area contributed by atoms with Crippen LogP contribution >= 0.6 is 11.6 Å². The highest BCUT2D eigenvalue weighted by Gasteiger charge is 2.18. The predicted octanol–water partition coefficient (Wildman–Crippen LogP) is 2.01. The van der Waals surface area contributed by atoms with Gasteiger partial charge in [-0.05, 0) is 37.5 Å². The van der Waals surface area contributed by atoms with Crippen molar-refractivity contribution in [2.75, 3.05) is 18.4 Å². The summed E-state index contributed by atoms with van der Waals surface area (Å²) in [7, 11) is -3.83. The third-order valence-electron chi connectivity index (χ3n) is 3.15. The van der Waals surface area contributed by atoms with Crippen molar-refractivity contribution >= 4 is 33.3 Å². The number of carbonyl (C=O) groups is 1. The van der Waals surface area contributed by atoms with Gasteiger partial charge in [0, 0.05) is 13.1 Å². The molecular formula is C12H16ClN3O3S. The Balaban J connectivity index is 2.18. The maximum Gasteiger partial charge on any atom is 0.321 e. The van der Waals surface area contributed by atoms with Crippen molar-refractivity contribution in [3.63, 3.8) is 0 Å². The molecule has 110 valence electrons. The molecule has 8 heteroatoms. The first-order valence-corrected chi connectivity index (χ1v) is 8.18. The van der Waals surface area contributed by atoms with E-state index in [9.17, 15) is 13.2 Å². The summed E-state index contributed by atoms with van der Waals surface area (Å²) in [6.07, 6.45) is 3.06. The minimum atomic E-state index is -3.83. The summed E-state index contributed by atoms with van der Waals surface area (Å²) in [6.45, 7) is 1.39. The van der Waals surface area contributed by atoms with Gasteiger partial charge in [0.05, 0.1) is 15.6 Å². The smallest absolute Gasteiger partial charge is 0.321 e. The normalized spacial score (nSPS) is 16.0. The molecule has 0 atom stereocenters. The standard InChI is InChI=1S/C12H16ClN3O3S/c13-10-5-4-9(20(14,18)19)8-11(10)15-12(17)16-6-2-1-3-7-16/h4-5,8H,1-3,6-7H2,(H,15,17)(H2,14,18,19).